The molecule has 0 radical (unpaired) electrons. The molecule has 2 aromatic carbocycles. The van der Waals surface area contributed by atoms with Crippen LogP contribution in [0, 0.1) is 0 Å². The fourth-order valence-corrected chi connectivity index (χ4v) is 2.62. The molecule has 0 atom stereocenters. The smallest absolute Gasteiger partial charge is 0.321 e. The van der Waals surface area contributed by atoms with Gasteiger partial charge in [0.1, 0.15) is 0 Å². The van der Waals surface area contributed by atoms with Gasteiger partial charge in [-0.15, -0.1) is 0 Å². The minimum Gasteiger partial charge on any atom is -0.321 e. The number of carbonyl (C=O) groups is 1. The summed E-state index contributed by atoms with van der Waals surface area (Å²) in [5, 5.41) is 2.25. The van der Waals surface area contributed by atoms with E-state index < -0.39 is 27.7 Å². The summed E-state index contributed by atoms with van der Waals surface area (Å²) in [5.41, 5.74) is -0.761. The number of carbonyl (C=O) groups excluding carboxylic acids is 1. The second kappa shape index (κ2) is 6.93. The van der Waals surface area contributed by atoms with E-state index >= 15 is 0 Å². The van der Waals surface area contributed by atoms with E-state index in [0.717, 1.165) is 24.5 Å². The molecule has 0 unspecified atom stereocenters. The molecular weight excluding hydrogens is 381 g/mol. The first-order valence-electron chi connectivity index (χ1n) is 6.72. The Kier molecular flexibility index (Phi) is 5.28. The number of nitrogens with one attached hydrogen (secondary N) is 2. The third-order valence-electron chi connectivity index (χ3n) is 2.99. The van der Waals surface area contributed by atoms with Gasteiger partial charge in [0.05, 0.1) is 22.5 Å². The van der Waals surface area contributed by atoms with Crippen molar-refractivity contribution in [1.29, 1.82) is 0 Å². The summed E-state index contributed by atoms with van der Waals surface area (Å²) >= 11 is 5.82. The van der Waals surface area contributed by atoms with E-state index in [-0.39, 0.29) is 22.0 Å². The summed E-state index contributed by atoms with van der Waals surface area (Å²) in [6.07, 6.45) is -3.59. The van der Waals surface area contributed by atoms with Crippen LogP contribution in [0.5, 0.6) is 0 Å². The average Bonchev–Trinajstić information content (AvgIpc) is 2.47. The zero-order chi connectivity index (χ0) is 18.8. The first-order chi connectivity index (χ1) is 11.5. The average molecular weight is 393 g/mol. The third-order valence-corrected chi connectivity index (χ3v) is 3.93. The van der Waals surface area contributed by atoms with Crippen LogP contribution in [0.2, 0.25) is 5.02 Å². The maximum atomic E-state index is 12.7. The normalized spacial score (nSPS) is 11.9. The molecule has 0 fully saturated rings. The Hall–Kier alpha value is -2.26. The zero-order valence-electron chi connectivity index (χ0n) is 12.7. The Morgan fingerprint density at radius 2 is 1.68 bits per heavy atom. The van der Waals surface area contributed by atoms with Crippen LogP contribution < -0.4 is 10.0 Å². The number of anilines is 2. The molecule has 2 aromatic rings. The molecule has 5 nitrogen and oxygen atoms in total. The summed E-state index contributed by atoms with van der Waals surface area (Å²) in [5.74, 6) is -0.688. The van der Waals surface area contributed by atoms with Crippen LogP contribution in [0.3, 0.4) is 0 Å². The van der Waals surface area contributed by atoms with Crippen molar-refractivity contribution in [3.8, 4) is 0 Å². The highest BCUT2D eigenvalue weighted by Crippen LogP contribution is 2.34. The second-order valence-corrected chi connectivity index (χ2v) is 7.25. The molecule has 25 heavy (non-hydrogen) atoms. The van der Waals surface area contributed by atoms with Gasteiger partial charge in [0.25, 0.3) is 5.91 Å². The number of hydrogen-bond acceptors (Lipinski definition) is 3. The lowest BCUT2D eigenvalue weighted by Gasteiger charge is -2.12. The highest BCUT2D eigenvalue weighted by atomic mass is 35.5. The van der Waals surface area contributed by atoms with Gasteiger partial charge in [0, 0.05) is 11.3 Å². The van der Waals surface area contributed by atoms with Crippen molar-refractivity contribution in [3.05, 3.63) is 58.6 Å². The van der Waals surface area contributed by atoms with Gasteiger partial charge in [-0.1, -0.05) is 11.6 Å². The molecule has 0 aliphatic rings. The van der Waals surface area contributed by atoms with Gasteiger partial charge in [-0.2, -0.15) is 13.2 Å². The summed E-state index contributed by atoms with van der Waals surface area (Å²) in [6.45, 7) is 0. The summed E-state index contributed by atoms with van der Waals surface area (Å²) in [6, 6.07) is 7.94. The predicted octanol–water partition coefficient (Wildman–Crippen LogP) is 3.98. The number of benzene rings is 2. The van der Waals surface area contributed by atoms with Crippen LogP contribution in [0.15, 0.2) is 42.5 Å². The van der Waals surface area contributed by atoms with Gasteiger partial charge in [-0.25, -0.2) is 8.42 Å². The minimum atomic E-state index is -4.57. The maximum Gasteiger partial charge on any atom is 0.416 e. The molecule has 0 heterocycles. The molecule has 0 aliphatic carbocycles. The molecule has 2 rings (SSSR count). The van der Waals surface area contributed by atoms with Crippen LogP contribution in [0.1, 0.15) is 15.9 Å². The number of rotatable bonds is 4. The van der Waals surface area contributed by atoms with Crippen molar-refractivity contribution < 1.29 is 26.4 Å². The standard InChI is InChI=1S/C15H12ClF3N2O3S/c1-25(23,24)21-11-5-2-9(3-6-11)14(22)20-13-8-10(15(17,18)19)4-7-12(13)16/h2-8,21H,1H3,(H,20,22). The van der Waals surface area contributed by atoms with Crippen molar-refractivity contribution in [2.24, 2.45) is 0 Å². The van der Waals surface area contributed by atoms with E-state index in [0.29, 0.717) is 0 Å². The molecule has 0 saturated heterocycles. The van der Waals surface area contributed by atoms with E-state index in [2.05, 4.69) is 10.0 Å². The maximum absolute atomic E-state index is 12.7. The number of halogens is 4. The molecule has 10 heteroatoms. The summed E-state index contributed by atoms with van der Waals surface area (Å²) in [7, 11) is -3.46. The third kappa shape index (κ3) is 5.36. The van der Waals surface area contributed by atoms with Gasteiger partial charge in [-0.3, -0.25) is 9.52 Å². The largest absolute Gasteiger partial charge is 0.416 e. The molecule has 134 valence electrons. The van der Waals surface area contributed by atoms with Gasteiger partial charge < -0.3 is 5.32 Å². The fourth-order valence-electron chi connectivity index (χ4n) is 1.90. The summed E-state index contributed by atoms with van der Waals surface area (Å²) in [4.78, 5) is 12.1. The van der Waals surface area contributed by atoms with Crippen LogP contribution in [-0.4, -0.2) is 20.6 Å². The van der Waals surface area contributed by atoms with E-state index in [4.69, 9.17) is 11.6 Å². The van der Waals surface area contributed by atoms with Crippen molar-refractivity contribution in [3.63, 3.8) is 0 Å². The van der Waals surface area contributed by atoms with Crippen LogP contribution in [-0.2, 0) is 16.2 Å². The summed E-state index contributed by atoms with van der Waals surface area (Å²) < 4.78 is 62.6. The fraction of sp³-hybridized carbons (Fsp3) is 0.133. The molecule has 0 bridgehead atoms. The number of amides is 1. The van der Waals surface area contributed by atoms with Gasteiger partial charge >= 0.3 is 6.18 Å². The van der Waals surface area contributed by atoms with Crippen LogP contribution >= 0.6 is 11.6 Å². The molecule has 2 N–H and O–H groups in total. The Balaban J connectivity index is 2.20. The highest BCUT2D eigenvalue weighted by molar-refractivity contribution is 7.92. The van der Waals surface area contributed by atoms with Crippen molar-refractivity contribution in [2.45, 2.75) is 6.18 Å². The number of sulfonamides is 1. The molecule has 0 aromatic heterocycles. The topological polar surface area (TPSA) is 75.3 Å². The van der Waals surface area contributed by atoms with E-state index in [1.807, 2.05) is 0 Å². The predicted molar refractivity (Wildman–Crippen MR) is 89.3 cm³/mol. The SMILES string of the molecule is CS(=O)(=O)Nc1ccc(C(=O)Nc2cc(C(F)(F)F)ccc2Cl)cc1. The quantitative estimate of drug-likeness (QED) is 0.826. The van der Waals surface area contributed by atoms with Gasteiger partial charge in [0.15, 0.2) is 0 Å². The Labute approximate surface area is 146 Å². The molecular formula is C15H12ClF3N2O3S. The number of alkyl halides is 3. The lowest BCUT2D eigenvalue weighted by atomic mass is 10.1. The van der Waals surface area contributed by atoms with Gasteiger partial charge in [-0.05, 0) is 42.5 Å². The lowest BCUT2D eigenvalue weighted by Crippen LogP contribution is -2.14. The van der Waals surface area contributed by atoms with E-state index in [9.17, 15) is 26.4 Å². The van der Waals surface area contributed by atoms with Crippen molar-refractivity contribution in [2.75, 3.05) is 16.3 Å². The lowest BCUT2D eigenvalue weighted by molar-refractivity contribution is -0.137. The highest BCUT2D eigenvalue weighted by Gasteiger charge is 2.31. The van der Waals surface area contributed by atoms with E-state index in [1.54, 1.807) is 0 Å². The second-order valence-electron chi connectivity index (χ2n) is 5.10. The van der Waals surface area contributed by atoms with Crippen LogP contribution in [0.25, 0.3) is 0 Å². The van der Waals surface area contributed by atoms with Gasteiger partial charge in [0.2, 0.25) is 10.0 Å². The number of hydrogen-bond donors (Lipinski definition) is 2. The Morgan fingerprint density at radius 1 is 1.08 bits per heavy atom. The van der Waals surface area contributed by atoms with Crippen molar-refractivity contribution >= 4 is 38.9 Å². The Bertz CT molecular complexity index is 897. The molecule has 1 amide bonds. The molecule has 0 spiro atoms. The Morgan fingerprint density at radius 3 is 2.20 bits per heavy atom. The molecule has 0 saturated carbocycles. The van der Waals surface area contributed by atoms with Crippen LogP contribution in [0.4, 0.5) is 24.5 Å². The first-order valence-corrected chi connectivity index (χ1v) is 8.98. The molecule has 0 aliphatic heterocycles. The minimum absolute atomic E-state index is 0.0447. The first kappa shape index (κ1) is 19.1. The van der Waals surface area contributed by atoms with E-state index in [1.165, 1.54) is 24.3 Å². The van der Waals surface area contributed by atoms with Crippen molar-refractivity contribution in [1.82, 2.24) is 0 Å². The zero-order valence-corrected chi connectivity index (χ0v) is 14.3. The monoisotopic (exact) mass is 392 g/mol.